The van der Waals surface area contributed by atoms with Gasteiger partial charge in [0.1, 0.15) is 5.82 Å². The maximum absolute atomic E-state index is 13.0. The molecule has 23 heavy (non-hydrogen) atoms. The second-order valence-electron chi connectivity index (χ2n) is 6.06. The molecule has 2 heterocycles. The molecule has 120 valence electrons. The highest BCUT2D eigenvalue weighted by atomic mass is 32.1. The summed E-state index contributed by atoms with van der Waals surface area (Å²) in [6, 6.07) is 9.59. The summed E-state index contributed by atoms with van der Waals surface area (Å²) in [5, 5.41) is 0.602. The maximum Gasteiger partial charge on any atom is 0.264 e. The molecule has 0 amide bonds. The molecule has 0 aliphatic heterocycles. The van der Waals surface area contributed by atoms with E-state index in [9.17, 15) is 4.79 Å². The van der Waals surface area contributed by atoms with Crippen LogP contribution < -0.4 is 11.3 Å². The fourth-order valence-electron chi connectivity index (χ4n) is 2.56. The van der Waals surface area contributed by atoms with Crippen LogP contribution in [0.15, 0.2) is 35.1 Å². The lowest BCUT2D eigenvalue weighted by Crippen LogP contribution is -2.32. The van der Waals surface area contributed by atoms with Gasteiger partial charge in [-0.15, -0.1) is 0 Å². The van der Waals surface area contributed by atoms with Crippen LogP contribution in [0.5, 0.6) is 0 Å². The molecule has 0 aliphatic rings. The first-order valence-corrected chi connectivity index (χ1v) is 8.42. The zero-order valence-corrected chi connectivity index (χ0v) is 14.3. The Morgan fingerprint density at radius 2 is 1.96 bits per heavy atom. The summed E-state index contributed by atoms with van der Waals surface area (Å²) in [5.41, 5.74) is 8.04. The van der Waals surface area contributed by atoms with Crippen LogP contribution in [0.4, 0.5) is 0 Å². The van der Waals surface area contributed by atoms with Crippen LogP contribution in [-0.2, 0) is 6.54 Å². The standard InChI is InChI=1S/C17H20N4OS/c1-10(2)14(18)15-19-16-13(11(3)20-23-16)17(22)21(15)9-12-7-5-4-6-8-12/h4-8,10,14H,9,18H2,1-3H3/t14-/m1/s1. The van der Waals surface area contributed by atoms with Crippen molar-refractivity contribution in [3.05, 3.63) is 57.8 Å². The van der Waals surface area contributed by atoms with Gasteiger partial charge in [0.15, 0.2) is 4.83 Å². The Kier molecular flexibility index (Phi) is 4.28. The van der Waals surface area contributed by atoms with E-state index in [0.29, 0.717) is 22.6 Å². The highest BCUT2D eigenvalue weighted by molar-refractivity contribution is 7.12. The molecule has 0 aliphatic carbocycles. The monoisotopic (exact) mass is 328 g/mol. The molecule has 0 unspecified atom stereocenters. The lowest BCUT2D eigenvalue weighted by Gasteiger charge is -2.20. The third-order valence-corrected chi connectivity index (χ3v) is 4.83. The van der Waals surface area contributed by atoms with Crippen LogP contribution in [0.25, 0.3) is 10.2 Å². The Balaban J connectivity index is 2.23. The van der Waals surface area contributed by atoms with Crippen molar-refractivity contribution in [3.8, 4) is 0 Å². The largest absolute Gasteiger partial charge is 0.321 e. The minimum atomic E-state index is -0.293. The van der Waals surface area contributed by atoms with Crippen molar-refractivity contribution in [2.24, 2.45) is 11.7 Å². The lowest BCUT2D eigenvalue weighted by molar-refractivity contribution is 0.464. The highest BCUT2D eigenvalue weighted by Crippen LogP contribution is 2.22. The number of rotatable bonds is 4. The van der Waals surface area contributed by atoms with E-state index >= 15 is 0 Å². The van der Waals surface area contributed by atoms with Gasteiger partial charge < -0.3 is 5.73 Å². The molecule has 1 atom stereocenters. The topological polar surface area (TPSA) is 73.8 Å². The second-order valence-corrected chi connectivity index (χ2v) is 6.82. The highest BCUT2D eigenvalue weighted by Gasteiger charge is 2.21. The number of hydrogen-bond acceptors (Lipinski definition) is 5. The zero-order valence-electron chi connectivity index (χ0n) is 13.5. The fourth-order valence-corrected chi connectivity index (χ4v) is 3.33. The molecule has 3 rings (SSSR count). The van der Waals surface area contributed by atoms with Crippen molar-refractivity contribution < 1.29 is 0 Å². The zero-order chi connectivity index (χ0) is 16.6. The van der Waals surface area contributed by atoms with Gasteiger partial charge in [0.25, 0.3) is 5.56 Å². The molecular weight excluding hydrogens is 308 g/mol. The number of benzene rings is 1. The van der Waals surface area contributed by atoms with E-state index in [1.165, 1.54) is 11.5 Å². The van der Waals surface area contributed by atoms with Crippen LogP contribution in [0.1, 0.15) is 37.0 Å². The summed E-state index contributed by atoms with van der Waals surface area (Å²) in [6.07, 6.45) is 0. The van der Waals surface area contributed by atoms with E-state index in [-0.39, 0.29) is 17.5 Å². The van der Waals surface area contributed by atoms with Gasteiger partial charge in [-0.05, 0) is 29.9 Å². The van der Waals surface area contributed by atoms with Gasteiger partial charge in [0, 0.05) is 0 Å². The van der Waals surface area contributed by atoms with E-state index < -0.39 is 0 Å². The van der Waals surface area contributed by atoms with Crippen LogP contribution in [0.2, 0.25) is 0 Å². The molecule has 0 spiro atoms. The van der Waals surface area contributed by atoms with Crippen LogP contribution in [0.3, 0.4) is 0 Å². The first kappa shape index (κ1) is 15.8. The molecular formula is C17H20N4OS. The Morgan fingerprint density at radius 3 is 2.61 bits per heavy atom. The molecule has 0 saturated heterocycles. The smallest absolute Gasteiger partial charge is 0.264 e. The van der Waals surface area contributed by atoms with E-state index in [2.05, 4.69) is 9.36 Å². The summed E-state index contributed by atoms with van der Waals surface area (Å²) in [6.45, 7) is 6.38. The number of nitrogens with two attached hydrogens (primary N) is 1. The summed E-state index contributed by atoms with van der Waals surface area (Å²) < 4.78 is 5.97. The molecule has 2 aromatic heterocycles. The number of hydrogen-bond donors (Lipinski definition) is 1. The normalized spacial score (nSPS) is 12.9. The quantitative estimate of drug-likeness (QED) is 0.799. The summed E-state index contributed by atoms with van der Waals surface area (Å²) in [7, 11) is 0. The first-order valence-electron chi connectivity index (χ1n) is 7.65. The molecule has 5 nitrogen and oxygen atoms in total. The fraction of sp³-hybridized carbons (Fsp3) is 0.353. The number of nitrogens with zero attached hydrogens (tertiary/aromatic N) is 3. The van der Waals surface area contributed by atoms with Crippen molar-refractivity contribution >= 4 is 21.7 Å². The van der Waals surface area contributed by atoms with Gasteiger partial charge in [-0.2, -0.15) is 4.37 Å². The molecule has 0 saturated carbocycles. The minimum absolute atomic E-state index is 0.0591. The van der Waals surface area contributed by atoms with Crippen molar-refractivity contribution in [2.45, 2.75) is 33.4 Å². The lowest BCUT2D eigenvalue weighted by atomic mass is 10.0. The van der Waals surface area contributed by atoms with E-state index in [1.807, 2.05) is 51.1 Å². The van der Waals surface area contributed by atoms with Crippen LogP contribution in [-0.4, -0.2) is 13.9 Å². The van der Waals surface area contributed by atoms with Gasteiger partial charge in [-0.3, -0.25) is 9.36 Å². The second kappa shape index (κ2) is 6.22. The van der Waals surface area contributed by atoms with Gasteiger partial charge in [0.05, 0.1) is 23.7 Å². The van der Waals surface area contributed by atoms with Gasteiger partial charge in [0.2, 0.25) is 0 Å². The van der Waals surface area contributed by atoms with Crippen molar-refractivity contribution in [1.82, 2.24) is 13.9 Å². The molecule has 1 aromatic carbocycles. The first-order chi connectivity index (χ1) is 11.0. The predicted molar refractivity (Wildman–Crippen MR) is 93.7 cm³/mol. The van der Waals surface area contributed by atoms with E-state index in [4.69, 9.17) is 5.73 Å². The minimum Gasteiger partial charge on any atom is -0.321 e. The Hall–Kier alpha value is -2.05. The number of aromatic nitrogens is 3. The molecule has 0 radical (unpaired) electrons. The number of aryl methyl sites for hydroxylation is 1. The van der Waals surface area contributed by atoms with E-state index in [0.717, 1.165) is 11.3 Å². The average Bonchev–Trinajstić information content (AvgIpc) is 2.91. The molecule has 6 heteroatoms. The van der Waals surface area contributed by atoms with Crippen molar-refractivity contribution in [1.29, 1.82) is 0 Å². The summed E-state index contributed by atoms with van der Waals surface area (Å²) >= 11 is 1.26. The van der Waals surface area contributed by atoms with Gasteiger partial charge >= 0.3 is 0 Å². The Bertz CT molecular complexity index is 883. The summed E-state index contributed by atoms with van der Waals surface area (Å²) in [4.78, 5) is 18.3. The van der Waals surface area contributed by atoms with Crippen molar-refractivity contribution in [2.75, 3.05) is 0 Å². The Labute approximate surface area is 139 Å². The third-order valence-electron chi connectivity index (χ3n) is 4.00. The van der Waals surface area contributed by atoms with Gasteiger partial charge in [-0.25, -0.2) is 4.98 Å². The average molecular weight is 328 g/mol. The SMILES string of the molecule is Cc1nsc2nc([C@H](N)C(C)C)n(Cc3ccccc3)c(=O)c12. The maximum atomic E-state index is 13.0. The van der Waals surface area contributed by atoms with Crippen LogP contribution in [0, 0.1) is 12.8 Å². The third kappa shape index (κ3) is 2.92. The van der Waals surface area contributed by atoms with Crippen molar-refractivity contribution in [3.63, 3.8) is 0 Å². The van der Waals surface area contributed by atoms with Gasteiger partial charge in [-0.1, -0.05) is 44.2 Å². The Morgan fingerprint density at radius 1 is 1.26 bits per heavy atom. The molecule has 0 bridgehead atoms. The number of fused-ring (bicyclic) bond motifs is 1. The van der Waals surface area contributed by atoms with E-state index in [1.54, 1.807) is 4.57 Å². The molecule has 0 fully saturated rings. The van der Waals surface area contributed by atoms with Crippen LogP contribution >= 0.6 is 11.5 Å². The predicted octanol–water partition coefficient (Wildman–Crippen LogP) is 2.87. The molecule has 2 N–H and O–H groups in total. The molecule has 3 aromatic rings. The summed E-state index contributed by atoms with van der Waals surface area (Å²) in [5.74, 6) is 0.820.